The van der Waals surface area contributed by atoms with Crippen molar-refractivity contribution in [1.82, 2.24) is 9.97 Å². The lowest BCUT2D eigenvalue weighted by atomic mass is 10.2. The summed E-state index contributed by atoms with van der Waals surface area (Å²) < 4.78 is 26.4. The van der Waals surface area contributed by atoms with Gasteiger partial charge in [-0.1, -0.05) is 18.5 Å². The van der Waals surface area contributed by atoms with Gasteiger partial charge in [-0.25, -0.2) is 18.7 Å². The Morgan fingerprint density at radius 1 is 1.26 bits per heavy atom. The Kier molecular flexibility index (Phi) is 3.95. The molecular formula is C13H12ClF2N3. The molecule has 0 fully saturated rings. The van der Waals surface area contributed by atoms with E-state index in [9.17, 15) is 8.78 Å². The Balaban J connectivity index is 2.40. The molecule has 2 aromatic rings. The van der Waals surface area contributed by atoms with Crippen LogP contribution in [0.15, 0.2) is 18.2 Å². The average molecular weight is 284 g/mol. The van der Waals surface area contributed by atoms with Crippen LogP contribution >= 0.6 is 11.6 Å². The monoisotopic (exact) mass is 283 g/mol. The van der Waals surface area contributed by atoms with Crippen molar-refractivity contribution in [2.45, 2.75) is 20.3 Å². The summed E-state index contributed by atoms with van der Waals surface area (Å²) in [4.78, 5) is 8.33. The number of hydrogen-bond donors (Lipinski definition) is 1. The third kappa shape index (κ3) is 2.98. The van der Waals surface area contributed by atoms with Gasteiger partial charge in [-0.2, -0.15) is 0 Å². The number of nitrogens with one attached hydrogen (secondary N) is 1. The third-order valence-corrected chi connectivity index (χ3v) is 3.00. The molecule has 0 bridgehead atoms. The second-order valence-electron chi connectivity index (χ2n) is 4.01. The Hall–Kier alpha value is -1.75. The first kappa shape index (κ1) is 13.7. The Morgan fingerprint density at radius 2 is 2.00 bits per heavy atom. The van der Waals surface area contributed by atoms with Crippen LogP contribution in [-0.2, 0) is 6.42 Å². The molecule has 0 radical (unpaired) electrons. The van der Waals surface area contributed by atoms with E-state index in [1.165, 1.54) is 12.1 Å². The van der Waals surface area contributed by atoms with Gasteiger partial charge in [0.2, 0.25) is 0 Å². The highest BCUT2D eigenvalue weighted by molar-refractivity contribution is 6.30. The molecule has 0 aliphatic rings. The van der Waals surface area contributed by atoms with Crippen LogP contribution in [0.2, 0.25) is 5.15 Å². The van der Waals surface area contributed by atoms with Crippen molar-refractivity contribution in [3.8, 4) is 0 Å². The molecule has 100 valence electrons. The Labute approximate surface area is 114 Å². The van der Waals surface area contributed by atoms with Crippen LogP contribution in [0, 0.1) is 18.6 Å². The van der Waals surface area contributed by atoms with Gasteiger partial charge in [0.15, 0.2) is 0 Å². The first-order valence-electron chi connectivity index (χ1n) is 5.76. The molecule has 0 aliphatic heterocycles. The summed E-state index contributed by atoms with van der Waals surface area (Å²) in [5, 5.41) is 3.12. The topological polar surface area (TPSA) is 37.8 Å². The summed E-state index contributed by atoms with van der Waals surface area (Å²) in [5.41, 5.74) is 0.754. The first-order valence-corrected chi connectivity index (χ1v) is 6.14. The predicted molar refractivity (Wildman–Crippen MR) is 70.8 cm³/mol. The van der Waals surface area contributed by atoms with E-state index in [2.05, 4.69) is 15.3 Å². The van der Waals surface area contributed by atoms with Gasteiger partial charge in [-0.3, -0.25) is 0 Å². The maximum Gasteiger partial charge on any atom is 0.149 e. The molecule has 0 atom stereocenters. The van der Waals surface area contributed by atoms with Crippen molar-refractivity contribution < 1.29 is 8.78 Å². The highest BCUT2D eigenvalue weighted by Gasteiger charge is 2.11. The number of aryl methyl sites for hydroxylation is 1. The van der Waals surface area contributed by atoms with E-state index in [-0.39, 0.29) is 5.69 Å². The van der Waals surface area contributed by atoms with E-state index in [1.54, 1.807) is 6.92 Å². The molecule has 2 rings (SSSR count). The largest absolute Gasteiger partial charge is 0.337 e. The second-order valence-corrected chi connectivity index (χ2v) is 4.36. The van der Waals surface area contributed by atoms with Crippen molar-refractivity contribution >= 4 is 23.1 Å². The summed E-state index contributed by atoms with van der Waals surface area (Å²) in [7, 11) is 0. The van der Waals surface area contributed by atoms with Crippen molar-refractivity contribution in [2.24, 2.45) is 0 Å². The Morgan fingerprint density at radius 3 is 2.63 bits per heavy atom. The van der Waals surface area contributed by atoms with E-state index in [4.69, 9.17) is 11.6 Å². The highest BCUT2D eigenvalue weighted by Crippen LogP contribution is 2.25. The second kappa shape index (κ2) is 5.48. The van der Waals surface area contributed by atoms with Gasteiger partial charge in [0.25, 0.3) is 0 Å². The summed E-state index contributed by atoms with van der Waals surface area (Å²) in [5.74, 6) is -0.343. The smallest absolute Gasteiger partial charge is 0.149 e. The van der Waals surface area contributed by atoms with Crippen LogP contribution < -0.4 is 5.32 Å². The van der Waals surface area contributed by atoms with E-state index in [0.717, 1.165) is 6.07 Å². The lowest BCUT2D eigenvalue weighted by Crippen LogP contribution is -2.04. The van der Waals surface area contributed by atoms with Gasteiger partial charge >= 0.3 is 0 Å². The van der Waals surface area contributed by atoms with Gasteiger partial charge < -0.3 is 5.32 Å². The van der Waals surface area contributed by atoms with Gasteiger partial charge in [0.1, 0.15) is 28.4 Å². The quantitative estimate of drug-likeness (QED) is 0.865. The minimum Gasteiger partial charge on any atom is -0.337 e. The minimum atomic E-state index is -0.688. The number of rotatable bonds is 3. The van der Waals surface area contributed by atoms with Crippen LogP contribution in [0.1, 0.15) is 18.3 Å². The van der Waals surface area contributed by atoms with Crippen LogP contribution in [-0.4, -0.2) is 9.97 Å². The van der Waals surface area contributed by atoms with E-state index in [1.807, 2.05) is 6.92 Å². The first-order chi connectivity index (χ1) is 9.01. The zero-order chi connectivity index (χ0) is 14.0. The number of benzene rings is 1. The van der Waals surface area contributed by atoms with E-state index < -0.39 is 11.6 Å². The number of halogens is 3. The molecule has 1 N–H and O–H groups in total. The fourth-order valence-electron chi connectivity index (χ4n) is 1.53. The fourth-order valence-corrected chi connectivity index (χ4v) is 1.72. The van der Waals surface area contributed by atoms with Crippen LogP contribution in [0.4, 0.5) is 20.3 Å². The maximum atomic E-state index is 13.6. The number of anilines is 2. The molecule has 1 aromatic carbocycles. The zero-order valence-electron chi connectivity index (χ0n) is 10.5. The van der Waals surface area contributed by atoms with Crippen molar-refractivity contribution in [3.63, 3.8) is 0 Å². The summed E-state index contributed by atoms with van der Waals surface area (Å²) >= 11 is 5.98. The Bertz CT molecular complexity index is 617. The fraction of sp³-hybridized carbons (Fsp3) is 0.231. The highest BCUT2D eigenvalue weighted by atomic mass is 35.5. The third-order valence-electron chi connectivity index (χ3n) is 2.63. The SMILES string of the molecule is CCc1nc(Cl)c(C)c(Nc2ccc(F)cc2F)n1. The number of hydrogen-bond acceptors (Lipinski definition) is 3. The molecule has 0 unspecified atom stereocenters. The van der Waals surface area contributed by atoms with E-state index in [0.29, 0.717) is 28.8 Å². The summed E-state index contributed by atoms with van der Waals surface area (Å²) in [6, 6.07) is 3.29. The van der Waals surface area contributed by atoms with Crippen LogP contribution in [0.3, 0.4) is 0 Å². The maximum absolute atomic E-state index is 13.6. The van der Waals surface area contributed by atoms with Gasteiger partial charge in [-0.15, -0.1) is 0 Å². The van der Waals surface area contributed by atoms with Crippen molar-refractivity contribution in [1.29, 1.82) is 0 Å². The summed E-state index contributed by atoms with van der Waals surface area (Å²) in [6.45, 7) is 3.62. The van der Waals surface area contributed by atoms with Crippen molar-refractivity contribution in [2.75, 3.05) is 5.32 Å². The molecule has 19 heavy (non-hydrogen) atoms. The molecule has 0 aliphatic carbocycles. The van der Waals surface area contributed by atoms with E-state index >= 15 is 0 Å². The zero-order valence-corrected chi connectivity index (χ0v) is 11.2. The van der Waals surface area contributed by atoms with Crippen LogP contribution in [0.25, 0.3) is 0 Å². The van der Waals surface area contributed by atoms with Gasteiger partial charge in [-0.05, 0) is 19.1 Å². The van der Waals surface area contributed by atoms with Gasteiger partial charge in [0, 0.05) is 18.1 Å². The molecule has 0 amide bonds. The molecule has 6 heteroatoms. The van der Waals surface area contributed by atoms with Gasteiger partial charge in [0.05, 0.1) is 5.69 Å². The predicted octanol–water partition coefficient (Wildman–Crippen LogP) is 4.02. The average Bonchev–Trinajstić information content (AvgIpc) is 2.37. The lowest BCUT2D eigenvalue weighted by molar-refractivity contribution is 0.586. The molecule has 0 spiro atoms. The molecule has 3 nitrogen and oxygen atoms in total. The molecule has 0 saturated heterocycles. The van der Waals surface area contributed by atoms with Crippen molar-refractivity contribution in [3.05, 3.63) is 46.4 Å². The molecular weight excluding hydrogens is 272 g/mol. The normalized spacial score (nSPS) is 10.6. The number of aromatic nitrogens is 2. The number of nitrogens with zero attached hydrogens (tertiary/aromatic N) is 2. The standard InChI is InChI=1S/C13H12ClF2N3/c1-3-11-18-12(14)7(2)13(19-11)17-10-5-4-8(15)6-9(10)16/h4-6H,3H2,1-2H3,(H,17,18,19). The molecule has 0 saturated carbocycles. The minimum absolute atomic E-state index is 0.140. The van der Waals surface area contributed by atoms with Crippen LogP contribution in [0.5, 0.6) is 0 Å². The molecule has 1 aromatic heterocycles. The summed E-state index contributed by atoms with van der Waals surface area (Å²) in [6.07, 6.45) is 0.612. The lowest BCUT2D eigenvalue weighted by Gasteiger charge is -2.11. The molecule has 1 heterocycles.